The van der Waals surface area contributed by atoms with Gasteiger partial charge in [0.15, 0.2) is 0 Å². The highest BCUT2D eigenvalue weighted by Gasteiger charge is 2.34. The number of halogens is 2. The Morgan fingerprint density at radius 2 is 2.27 bits per heavy atom. The van der Waals surface area contributed by atoms with Gasteiger partial charge in [0.25, 0.3) is 5.91 Å². The molecule has 2 nitrogen and oxygen atoms in total. The predicted octanol–water partition coefficient (Wildman–Crippen LogP) is 2.73. The van der Waals surface area contributed by atoms with E-state index in [0.29, 0.717) is 11.5 Å². The molecule has 1 amide bonds. The topological polar surface area (TPSA) is 29.1 Å². The van der Waals surface area contributed by atoms with E-state index in [4.69, 9.17) is 0 Å². The number of amides is 1. The van der Waals surface area contributed by atoms with E-state index in [1.54, 1.807) is 6.07 Å². The van der Waals surface area contributed by atoms with Gasteiger partial charge in [-0.15, -0.1) is 0 Å². The predicted molar refractivity (Wildman–Crippen MR) is 59.1 cm³/mol. The molecule has 2 unspecified atom stereocenters. The fourth-order valence-electron chi connectivity index (χ4n) is 1.45. The van der Waals surface area contributed by atoms with Crippen molar-refractivity contribution < 1.29 is 9.18 Å². The normalized spacial score (nSPS) is 23.7. The molecule has 1 fully saturated rings. The second-order valence-corrected chi connectivity index (χ2v) is 4.69. The van der Waals surface area contributed by atoms with Crippen LogP contribution in [0.1, 0.15) is 23.7 Å². The maximum Gasteiger partial charge on any atom is 0.252 e. The van der Waals surface area contributed by atoms with Crippen molar-refractivity contribution in [3.8, 4) is 0 Å². The van der Waals surface area contributed by atoms with Crippen LogP contribution in [0.2, 0.25) is 0 Å². The number of carbonyl (C=O) groups excluding carboxylic acids is 1. The van der Waals surface area contributed by atoms with Crippen LogP contribution in [-0.2, 0) is 0 Å². The Morgan fingerprint density at radius 3 is 2.87 bits per heavy atom. The van der Waals surface area contributed by atoms with Crippen molar-refractivity contribution in [3.05, 3.63) is 34.1 Å². The van der Waals surface area contributed by atoms with Crippen LogP contribution < -0.4 is 5.32 Å². The molecule has 15 heavy (non-hydrogen) atoms. The van der Waals surface area contributed by atoms with Crippen LogP contribution in [0, 0.1) is 11.7 Å². The number of rotatable bonds is 2. The quantitative estimate of drug-likeness (QED) is 0.881. The summed E-state index contributed by atoms with van der Waals surface area (Å²) < 4.78 is 13.4. The highest BCUT2D eigenvalue weighted by atomic mass is 79.9. The van der Waals surface area contributed by atoms with Crippen LogP contribution in [0.15, 0.2) is 22.7 Å². The van der Waals surface area contributed by atoms with Crippen LogP contribution in [0.5, 0.6) is 0 Å². The number of carbonyl (C=O) groups is 1. The summed E-state index contributed by atoms with van der Waals surface area (Å²) in [6.07, 6.45) is 1.01. The molecule has 0 aliphatic heterocycles. The summed E-state index contributed by atoms with van der Waals surface area (Å²) in [5.74, 6) is -0.0801. The lowest BCUT2D eigenvalue weighted by molar-refractivity contribution is 0.0948. The molecule has 0 bridgehead atoms. The Hall–Kier alpha value is -0.900. The number of nitrogens with one attached hydrogen (secondary N) is 1. The number of hydrogen-bond donors (Lipinski definition) is 1. The van der Waals surface area contributed by atoms with Gasteiger partial charge in [-0.3, -0.25) is 4.79 Å². The molecule has 0 radical (unpaired) electrons. The summed E-state index contributed by atoms with van der Waals surface area (Å²) in [5, 5.41) is 2.85. The van der Waals surface area contributed by atoms with Crippen LogP contribution in [-0.4, -0.2) is 11.9 Å². The minimum absolute atomic E-state index is 0.212. The van der Waals surface area contributed by atoms with Gasteiger partial charge in [-0.2, -0.15) is 0 Å². The van der Waals surface area contributed by atoms with Crippen molar-refractivity contribution in [1.82, 2.24) is 5.32 Å². The van der Waals surface area contributed by atoms with E-state index < -0.39 is 5.82 Å². The van der Waals surface area contributed by atoms with Crippen LogP contribution in [0.25, 0.3) is 0 Å². The molecule has 0 aromatic heterocycles. The number of hydrogen-bond acceptors (Lipinski definition) is 1. The van der Waals surface area contributed by atoms with E-state index >= 15 is 0 Å². The zero-order valence-corrected chi connectivity index (χ0v) is 9.84. The lowest BCUT2D eigenvalue weighted by Crippen LogP contribution is -2.27. The third kappa shape index (κ3) is 2.20. The molecular formula is C11H11BrFNO. The molecular weight excluding hydrogens is 261 g/mol. The molecule has 1 aromatic rings. The summed E-state index contributed by atoms with van der Waals surface area (Å²) in [6.45, 7) is 2.07. The SMILES string of the molecule is CC1CC1NC(=O)c1cccc(F)c1Br. The molecule has 1 N–H and O–H groups in total. The maximum atomic E-state index is 13.1. The lowest BCUT2D eigenvalue weighted by atomic mass is 10.2. The van der Waals surface area contributed by atoms with Crippen molar-refractivity contribution in [1.29, 1.82) is 0 Å². The highest BCUT2D eigenvalue weighted by molar-refractivity contribution is 9.10. The molecule has 1 aromatic carbocycles. The molecule has 0 heterocycles. The van der Waals surface area contributed by atoms with Gasteiger partial charge in [-0.1, -0.05) is 13.0 Å². The van der Waals surface area contributed by atoms with E-state index in [0.717, 1.165) is 6.42 Å². The van der Waals surface area contributed by atoms with Gasteiger partial charge in [-0.25, -0.2) is 4.39 Å². The van der Waals surface area contributed by atoms with Crippen LogP contribution >= 0.6 is 15.9 Å². The fraction of sp³-hybridized carbons (Fsp3) is 0.364. The van der Waals surface area contributed by atoms with E-state index in [-0.39, 0.29) is 16.4 Å². The number of benzene rings is 1. The second-order valence-electron chi connectivity index (χ2n) is 3.89. The minimum atomic E-state index is -0.411. The average molecular weight is 272 g/mol. The molecule has 1 saturated carbocycles. The molecule has 4 heteroatoms. The minimum Gasteiger partial charge on any atom is -0.349 e. The van der Waals surface area contributed by atoms with Crippen LogP contribution in [0.3, 0.4) is 0 Å². The van der Waals surface area contributed by atoms with Gasteiger partial charge in [0.05, 0.1) is 10.0 Å². The zero-order chi connectivity index (χ0) is 11.0. The Morgan fingerprint density at radius 1 is 1.60 bits per heavy atom. The Bertz CT molecular complexity index is 408. The first-order chi connectivity index (χ1) is 7.09. The van der Waals surface area contributed by atoms with E-state index in [9.17, 15) is 9.18 Å². The molecule has 2 atom stereocenters. The van der Waals surface area contributed by atoms with Crippen molar-refractivity contribution in [2.45, 2.75) is 19.4 Å². The summed E-state index contributed by atoms with van der Waals surface area (Å²) >= 11 is 3.07. The summed E-state index contributed by atoms with van der Waals surface area (Å²) in [7, 11) is 0. The Balaban J connectivity index is 2.14. The molecule has 1 aliphatic rings. The van der Waals surface area contributed by atoms with E-state index in [1.807, 2.05) is 0 Å². The van der Waals surface area contributed by atoms with Crippen molar-refractivity contribution >= 4 is 21.8 Å². The molecule has 0 spiro atoms. The Kier molecular flexibility index (Phi) is 2.78. The van der Waals surface area contributed by atoms with Gasteiger partial charge in [0.1, 0.15) is 5.82 Å². The molecule has 80 valence electrons. The average Bonchev–Trinajstić information content (AvgIpc) is 2.86. The standard InChI is InChI=1S/C11H11BrFNO/c1-6-5-9(6)14-11(15)7-3-2-4-8(13)10(7)12/h2-4,6,9H,5H2,1H3,(H,14,15). The largest absolute Gasteiger partial charge is 0.349 e. The van der Waals surface area contributed by atoms with Gasteiger partial charge in [-0.05, 0) is 40.4 Å². The third-order valence-corrected chi connectivity index (χ3v) is 3.43. The first kappa shape index (κ1) is 10.6. The first-order valence-corrected chi connectivity index (χ1v) is 5.63. The zero-order valence-electron chi connectivity index (χ0n) is 8.26. The highest BCUT2D eigenvalue weighted by Crippen LogP contribution is 2.30. The smallest absolute Gasteiger partial charge is 0.252 e. The van der Waals surface area contributed by atoms with Crippen molar-refractivity contribution in [2.75, 3.05) is 0 Å². The van der Waals surface area contributed by atoms with Gasteiger partial charge in [0.2, 0.25) is 0 Å². The van der Waals surface area contributed by atoms with Gasteiger partial charge < -0.3 is 5.32 Å². The third-order valence-electron chi connectivity index (χ3n) is 2.62. The van der Waals surface area contributed by atoms with Gasteiger partial charge >= 0.3 is 0 Å². The first-order valence-electron chi connectivity index (χ1n) is 4.84. The molecule has 1 aliphatic carbocycles. The second kappa shape index (κ2) is 3.93. The van der Waals surface area contributed by atoms with E-state index in [1.165, 1.54) is 12.1 Å². The van der Waals surface area contributed by atoms with Crippen molar-refractivity contribution in [2.24, 2.45) is 5.92 Å². The summed E-state index contributed by atoms with van der Waals surface area (Å²) in [4.78, 5) is 11.7. The van der Waals surface area contributed by atoms with Crippen LogP contribution in [0.4, 0.5) is 4.39 Å². The molecule has 2 rings (SSSR count). The van der Waals surface area contributed by atoms with Gasteiger partial charge in [0, 0.05) is 6.04 Å². The monoisotopic (exact) mass is 271 g/mol. The Labute approximate surface area is 96.0 Å². The molecule has 0 saturated heterocycles. The fourth-order valence-corrected chi connectivity index (χ4v) is 1.89. The lowest BCUT2D eigenvalue weighted by Gasteiger charge is -2.06. The maximum absolute atomic E-state index is 13.1. The summed E-state index contributed by atoms with van der Waals surface area (Å²) in [5.41, 5.74) is 0.356. The van der Waals surface area contributed by atoms with E-state index in [2.05, 4.69) is 28.2 Å². The summed E-state index contributed by atoms with van der Waals surface area (Å²) in [6, 6.07) is 4.72. The van der Waals surface area contributed by atoms with Crippen molar-refractivity contribution in [3.63, 3.8) is 0 Å².